The van der Waals surface area contributed by atoms with E-state index in [1.54, 1.807) is 12.3 Å². The molecule has 1 aromatic carbocycles. The molecule has 8 heteroatoms. The summed E-state index contributed by atoms with van der Waals surface area (Å²) in [5.74, 6) is 1.22. The Kier molecular flexibility index (Phi) is 7.35. The van der Waals surface area contributed by atoms with Gasteiger partial charge in [-0.2, -0.15) is 0 Å². The number of guanidine groups is 1. The molecule has 1 fully saturated rings. The third kappa shape index (κ3) is 5.00. The Morgan fingerprint density at radius 1 is 1.24 bits per heavy atom. The van der Waals surface area contributed by atoms with Gasteiger partial charge in [0.15, 0.2) is 5.96 Å². The molecule has 2 N–H and O–H groups in total. The molecule has 0 amide bonds. The summed E-state index contributed by atoms with van der Waals surface area (Å²) in [6.45, 7) is 6.75. The summed E-state index contributed by atoms with van der Waals surface area (Å²) in [4.78, 5) is 9.07. The number of rotatable bonds is 4. The first kappa shape index (κ1) is 19.4. The fraction of sp³-hybridized carbons (Fsp3) is 0.412. The van der Waals surface area contributed by atoms with E-state index in [1.807, 2.05) is 24.3 Å². The van der Waals surface area contributed by atoms with E-state index in [-0.39, 0.29) is 24.0 Å². The summed E-state index contributed by atoms with van der Waals surface area (Å²) in [7, 11) is 0. The SMILES string of the molecule is CCNC(=NCc1ccon1)N1CCN(c2ccccc2O)CC1.I. The predicted octanol–water partition coefficient (Wildman–Crippen LogP) is 2.29. The lowest BCUT2D eigenvalue weighted by Crippen LogP contribution is -2.52. The number of piperazine rings is 1. The van der Waals surface area contributed by atoms with Gasteiger partial charge in [-0.05, 0) is 19.1 Å². The number of halogens is 1. The van der Waals surface area contributed by atoms with E-state index < -0.39 is 0 Å². The van der Waals surface area contributed by atoms with Crippen molar-refractivity contribution in [2.75, 3.05) is 37.6 Å². The second kappa shape index (κ2) is 9.50. The van der Waals surface area contributed by atoms with E-state index in [2.05, 4.69) is 32.2 Å². The first-order chi connectivity index (χ1) is 11.8. The number of aromatic hydroxyl groups is 1. The smallest absolute Gasteiger partial charge is 0.194 e. The van der Waals surface area contributed by atoms with Crippen LogP contribution in [0.1, 0.15) is 12.6 Å². The van der Waals surface area contributed by atoms with E-state index in [4.69, 9.17) is 4.52 Å². The number of hydrogen-bond acceptors (Lipinski definition) is 5. The van der Waals surface area contributed by atoms with Crippen molar-refractivity contribution in [3.05, 3.63) is 42.3 Å². The van der Waals surface area contributed by atoms with Crippen molar-refractivity contribution in [1.82, 2.24) is 15.4 Å². The normalized spacial score (nSPS) is 15.0. The first-order valence-electron chi connectivity index (χ1n) is 8.23. The zero-order chi connectivity index (χ0) is 16.8. The van der Waals surface area contributed by atoms with Gasteiger partial charge in [-0.3, -0.25) is 0 Å². The maximum atomic E-state index is 10.0. The largest absolute Gasteiger partial charge is 0.506 e. The van der Waals surface area contributed by atoms with Crippen LogP contribution in [0.25, 0.3) is 0 Å². The third-order valence-corrected chi connectivity index (χ3v) is 4.02. The van der Waals surface area contributed by atoms with Crippen LogP contribution in [0.5, 0.6) is 5.75 Å². The summed E-state index contributed by atoms with van der Waals surface area (Å²) >= 11 is 0. The molecule has 2 aromatic rings. The Hall–Kier alpha value is -1.97. The minimum Gasteiger partial charge on any atom is -0.506 e. The molecule has 0 unspecified atom stereocenters. The number of nitrogens with zero attached hydrogens (tertiary/aromatic N) is 4. The van der Waals surface area contributed by atoms with Crippen molar-refractivity contribution in [2.24, 2.45) is 4.99 Å². The van der Waals surface area contributed by atoms with Crippen LogP contribution in [-0.2, 0) is 6.54 Å². The van der Waals surface area contributed by atoms with Gasteiger partial charge >= 0.3 is 0 Å². The third-order valence-electron chi connectivity index (χ3n) is 4.02. The van der Waals surface area contributed by atoms with Crippen LogP contribution < -0.4 is 10.2 Å². The molecule has 25 heavy (non-hydrogen) atoms. The second-order valence-corrected chi connectivity index (χ2v) is 5.62. The number of para-hydroxylation sites is 2. The second-order valence-electron chi connectivity index (χ2n) is 5.62. The van der Waals surface area contributed by atoms with Crippen LogP contribution in [0.15, 0.2) is 46.1 Å². The number of aliphatic imine (C=N–C) groups is 1. The maximum Gasteiger partial charge on any atom is 0.194 e. The van der Waals surface area contributed by atoms with Gasteiger partial charge in [0.1, 0.15) is 17.7 Å². The van der Waals surface area contributed by atoms with Crippen molar-refractivity contribution >= 4 is 35.6 Å². The zero-order valence-electron chi connectivity index (χ0n) is 14.3. The van der Waals surface area contributed by atoms with Gasteiger partial charge in [0.25, 0.3) is 0 Å². The molecular formula is C17H24IN5O2. The van der Waals surface area contributed by atoms with Gasteiger partial charge in [0.2, 0.25) is 0 Å². The number of phenols is 1. The maximum absolute atomic E-state index is 10.0. The lowest BCUT2D eigenvalue weighted by Gasteiger charge is -2.37. The molecule has 2 heterocycles. The average molecular weight is 457 g/mol. The summed E-state index contributed by atoms with van der Waals surface area (Å²) in [6.07, 6.45) is 1.56. The van der Waals surface area contributed by atoms with Gasteiger partial charge in [-0.1, -0.05) is 17.3 Å². The lowest BCUT2D eigenvalue weighted by molar-refractivity contribution is 0.369. The number of anilines is 1. The summed E-state index contributed by atoms with van der Waals surface area (Å²) in [5, 5.41) is 17.2. The van der Waals surface area contributed by atoms with E-state index in [1.165, 1.54) is 0 Å². The molecule has 7 nitrogen and oxygen atoms in total. The minimum absolute atomic E-state index is 0. The van der Waals surface area contributed by atoms with Crippen molar-refractivity contribution in [1.29, 1.82) is 0 Å². The van der Waals surface area contributed by atoms with Crippen LogP contribution in [0.4, 0.5) is 5.69 Å². The van der Waals surface area contributed by atoms with E-state index >= 15 is 0 Å². The molecule has 0 aliphatic carbocycles. The highest BCUT2D eigenvalue weighted by molar-refractivity contribution is 14.0. The van der Waals surface area contributed by atoms with Crippen LogP contribution in [-0.4, -0.2) is 53.8 Å². The highest BCUT2D eigenvalue weighted by atomic mass is 127. The van der Waals surface area contributed by atoms with E-state index in [9.17, 15) is 5.11 Å². The van der Waals surface area contributed by atoms with Crippen LogP contribution >= 0.6 is 24.0 Å². The summed E-state index contributed by atoms with van der Waals surface area (Å²) in [6, 6.07) is 9.29. The van der Waals surface area contributed by atoms with Crippen molar-refractivity contribution in [3.8, 4) is 5.75 Å². The minimum atomic E-state index is 0. The molecule has 1 aliphatic heterocycles. The molecule has 0 atom stereocenters. The molecule has 1 aliphatic rings. The van der Waals surface area contributed by atoms with Gasteiger partial charge in [-0.25, -0.2) is 4.99 Å². The standard InChI is InChI=1S/C17H23N5O2.HI/c1-2-18-17(19-13-14-7-12-24-20-14)22-10-8-21(9-11-22)15-5-3-4-6-16(15)23;/h3-7,12,23H,2,8-11,13H2,1H3,(H,18,19);1H. The fourth-order valence-corrected chi connectivity index (χ4v) is 2.79. The highest BCUT2D eigenvalue weighted by Crippen LogP contribution is 2.27. The summed E-state index contributed by atoms with van der Waals surface area (Å²) < 4.78 is 4.84. The van der Waals surface area contributed by atoms with Crippen molar-refractivity contribution < 1.29 is 9.63 Å². The quantitative estimate of drug-likeness (QED) is 0.417. The van der Waals surface area contributed by atoms with E-state index in [0.717, 1.165) is 50.1 Å². The van der Waals surface area contributed by atoms with Crippen LogP contribution in [0, 0.1) is 0 Å². The molecule has 3 rings (SSSR count). The fourth-order valence-electron chi connectivity index (χ4n) is 2.79. The molecule has 0 radical (unpaired) electrons. The lowest BCUT2D eigenvalue weighted by atomic mass is 10.2. The number of aromatic nitrogens is 1. The number of phenolic OH excluding ortho intramolecular Hbond substituents is 1. The Bertz CT molecular complexity index is 669. The molecule has 0 saturated carbocycles. The monoisotopic (exact) mass is 457 g/mol. The van der Waals surface area contributed by atoms with Crippen molar-refractivity contribution in [2.45, 2.75) is 13.5 Å². The van der Waals surface area contributed by atoms with Gasteiger partial charge in [0, 0.05) is 38.8 Å². The Balaban J connectivity index is 0.00000225. The van der Waals surface area contributed by atoms with Crippen LogP contribution in [0.2, 0.25) is 0 Å². The molecule has 0 spiro atoms. The van der Waals surface area contributed by atoms with Crippen LogP contribution in [0.3, 0.4) is 0 Å². The molecular weight excluding hydrogens is 433 g/mol. The van der Waals surface area contributed by atoms with Gasteiger partial charge in [0.05, 0.1) is 12.2 Å². The molecule has 1 aromatic heterocycles. The number of benzene rings is 1. The van der Waals surface area contributed by atoms with Gasteiger partial charge in [-0.15, -0.1) is 24.0 Å². The topological polar surface area (TPSA) is 77.1 Å². The number of hydrogen-bond donors (Lipinski definition) is 2. The number of nitrogens with one attached hydrogen (secondary N) is 1. The summed E-state index contributed by atoms with van der Waals surface area (Å²) in [5.41, 5.74) is 1.71. The Morgan fingerprint density at radius 2 is 2.00 bits per heavy atom. The Labute approximate surface area is 164 Å². The average Bonchev–Trinajstić information content (AvgIpc) is 3.13. The Morgan fingerprint density at radius 3 is 2.64 bits per heavy atom. The first-order valence-corrected chi connectivity index (χ1v) is 8.23. The predicted molar refractivity (Wildman–Crippen MR) is 109 cm³/mol. The molecule has 136 valence electrons. The zero-order valence-corrected chi connectivity index (χ0v) is 16.6. The molecule has 1 saturated heterocycles. The van der Waals surface area contributed by atoms with Crippen molar-refractivity contribution in [3.63, 3.8) is 0 Å². The highest BCUT2D eigenvalue weighted by Gasteiger charge is 2.21. The molecule has 0 bridgehead atoms. The van der Waals surface area contributed by atoms with Gasteiger partial charge < -0.3 is 24.7 Å². The van der Waals surface area contributed by atoms with E-state index in [0.29, 0.717) is 12.3 Å².